The molecule has 1 aliphatic carbocycles. The third-order valence-electron chi connectivity index (χ3n) is 4.32. The Kier molecular flexibility index (Phi) is 4.86. The van der Waals surface area contributed by atoms with Crippen LogP contribution in [0.1, 0.15) is 43.0 Å². The van der Waals surface area contributed by atoms with E-state index in [1.165, 1.54) is 12.8 Å². The van der Waals surface area contributed by atoms with Gasteiger partial charge >= 0.3 is 0 Å². The van der Waals surface area contributed by atoms with Crippen LogP contribution in [-0.4, -0.2) is 11.6 Å². The van der Waals surface area contributed by atoms with E-state index in [9.17, 15) is 4.79 Å². The molecule has 0 heterocycles. The second-order valence-corrected chi connectivity index (χ2v) is 6.26. The van der Waals surface area contributed by atoms with E-state index in [-0.39, 0.29) is 5.91 Å². The predicted octanol–water partition coefficient (Wildman–Crippen LogP) is 4.65. The van der Waals surface area contributed by atoms with Crippen molar-refractivity contribution in [2.75, 3.05) is 0 Å². The Morgan fingerprint density at radius 3 is 2.43 bits per heavy atom. The maximum atomic E-state index is 12.2. The Labute approximate surface area is 137 Å². The molecule has 0 saturated heterocycles. The molecule has 3 heteroatoms. The summed E-state index contributed by atoms with van der Waals surface area (Å²) in [5.41, 5.74) is 6.70. The molecule has 1 aliphatic rings. The number of amides is 1. The Morgan fingerprint density at radius 2 is 1.74 bits per heavy atom. The molecule has 0 spiro atoms. The van der Waals surface area contributed by atoms with Gasteiger partial charge in [0.1, 0.15) is 0 Å². The molecular weight excluding hydrogens is 284 g/mol. The van der Waals surface area contributed by atoms with Crippen LogP contribution >= 0.6 is 0 Å². The van der Waals surface area contributed by atoms with Gasteiger partial charge in [-0.1, -0.05) is 49.4 Å². The number of rotatable bonds is 3. The van der Waals surface area contributed by atoms with E-state index in [1.807, 2.05) is 42.5 Å². The van der Waals surface area contributed by atoms with Gasteiger partial charge in [0.15, 0.2) is 0 Å². The second kappa shape index (κ2) is 7.23. The van der Waals surface area contributed by atoms with E-state index in [4.69, 9.17) is 0 Å². The number of carbonyl (C=O) groups is 1. The fourth-order valence-corrected chi connectivity index (χ4v) is 3.00. The van der Waals surface area contributed by atoms with Gasteiger partial charge in [0.05, 0.1) is 0 Å². The lowest BCUT2D eigenvalue weighted by Gasteiger charge is -2.18. The average molecular weight is 306 g/mol. The molecule has 1 amide bonds. The molecule has 0 radical (unpaired) electrons. The van der Waals surface area contributed by atoms with Crippen LogP contribution in [0.5, 0.6) is 0 Å². The zero-order valence-corrected chi connectivity index (χ0v) is 13.5. The van der Waals surface area contributed by atoms with Gasteiger partial charge in [0.25, 0.3) is 5.91 Å². The lowest BCUT2D eigenvalue weighted by Crippen LogP contribution is -2.22. The van der Waals surface area contributed by atoms with Crippen LogP contribution < -0.4 is 5.43 Å². The second-order valence-electron chi connectivity index (χ2n) is 6.26. The SMILES string of the molecule is CC1CCC/C(=N\NC(=O)c2ccc(-c3ccccc3)cc2)C1. The minimum absolute atomic E-state index is 0.143. The van der Waals surface area contributed by atoms with Crippen LogP contribution in [0.15, 0.2) is 59.7 Å². The summed E-state index contributed by atoms with van der Waals surface area (Å²) in [6.07, 6.45) is 4.42. The van der Waals surface area contributed by atoms with Gasteiger partial charge in [0, 0.05) is 11.3 Å². The first-order valence-electron chi connectivity index (χ1n) is 8.23. The normalized spacial score (nSPS) is 19.5. The third-order valence-corrected chi connectivity index (χ3v) is 4.32. The van der Waals surface area contributed by atoms with E-state index in [0.29, 0.717) is 11.5 Å². The van der Waals surface area contributed by atoms with Crippen LogP contribution in [-0.2, 0) is 0 Å². The van der Waals surface area contributed by atoms with Crippen LogP contribution in [0.2, 0.25) is 0 Å². The number of nitrogens with one attached hydrogen (secondary N) is 1. The molecule has 2 aromatic rings. The molecular formula is C20H22N2O. The summed E-state index contributed by atoms with van der Waals surface area (Å²) in [7, 11) is 0. The van der Waals surface area contributed by atoms with Gasteiger partial charge in [-0.3, -0.25) is 4.79 Å². The van der Waals surface area contributed by atoms with Crippen molar-refractivity contribution in [2.45, 2.75) is 32.6 Å². The van der Waals surface area contributed by atoms with E-state index in [2.05, 4.69) is 29.6 Å². The van der Waals surface area contributed by atoms with E-state index < -0.39 is 0 Å². The Balaban J connectivity index is 1.65. The van der Waals surface area contributed by atoms with Crippen LogP contribution in [0.25, 0.3) is 11.1 Å². The fraction of sp³-hybridized carbons (Fsp3) is 0.300. The molecule has 3 nitrogen and oxygen atoms in total. The zero-order valence-electron chi connectivity index (χ0n) is 13.5. The number of hydrazone groups is 1. The van der Waals surface area contributed by atoms with Crippen molar-refractivity contribution >= 4 is 11.6 Å². The molecule has 0 bridgehead atoms. The van der Waals surface area contributed by atoms with E-state index >= 15 is 0 Å². The standard InChI is InChI=1S/C20H22N2O/c1-15-6-5-9-19(14-15)21-22-20(23)18-12-10-17(11-13-18)16-7-3-2-4-8-16/h2-4,7-8,10-13,15H,5-6,9,14H2,1H3,(H,22,23)/b21-19+. The topological polar surface area (TPSA) is 41.5 Å². The Hall–Kier alpha value is -2.42. The minimum Gasteiger partial charge on any atom is -0.267 e. The summed E-state index contributed by atoms with van der Waals surface area (Å²) in [5, 5.41) is 4.31. The van der Waals surface area contributed by atoms with Gasteiger partial charge in [-0.25, -0.2) is 5.43 Å². The smallest absolute Gasteiger partial charge is 0.267 e. The average Bonchev–Trinajstić information content (AvgIpc) is 2.61. The molecule has 3 rings (SSSR count). The maximum absolute atomic E-state index is 12.2. The number of nitrogens with zero attached hydrogens (tertiary/aromatic N) is 1. The molecule has 1 atom stereocenters. The van der Waals surface area contributed by atoms with Gasteiger partial charge in [0.2, 0.25) is 0 Å². The number of hydrogen-bond donors (Lipinski definition) is 1. The largest absolute Gasteiger partial charge is 0.271 e. The van der Waals surface area contributed by atoms with Gasteiger partial charge < -0.3 is 0 Å². The van der Waals surface area contributed by atoms with Crippen LogP contribution in [0.3, 0.4) is 0 Å². The van der Waals surface area contributed by atoms with E-state index in [0.717, 1.165) is 29.7 Å². The molecule has 1 unspecified atom stereocenters. The zero-order chi connectivity index (χ0) is 16.1. The first-order valence-corrected chi connectivity index (χ1v) is 8.23. The molecule has 1 N–H and O–H groups in total. The summed E-state index contributed by atoms with van der Waals surface area (Å²) in [6.45, 7) is 2.23. The number of carbonyl (C=O) groups excluding carboxylic acids is 1. The van der Waals surface area contributed by atoms with Crippen molar-refractivity contribution in [2.24, 2.45) is 11.0 Å². The quantitative estimate of drug-likeness (QED) is 0.824. The number of benzene rings is 2. The summed E-state index contributed by atoms with van der Waals surface area (Å²) in [5.74, 6) is 0.528. The highest BCUT2D eigenvalue weighted by molar-refractivity contribution is 5.96. The molecule has 1 saturated carbocycles. The summed E-state index contributed by atoms with van der Waals surface area (Å²) in [4.78, 5) is 12.2. The molecule has 0 aliphatic heterocycles. The van der Waals surface area contributed by atoms with Gasteiger partial charge in [-0.2, -0.15) is 5.10 Å². The highest BCUT2D eigenvalue weighted by Crippen LogP contribution is 2.21. The molecule has 2 aromatic carbocycles. The van der Waals surface area contributed by atoms with Crippen molar-refractivity contribution in [3.8, 4) is 11.1 Å². The Morgan fingerprint density at radius 1 is 1.04 bits per heavy atom. The lowest BCUT2D eigenvalue weighted by atomic mass is 9.89. The Bertz CT molecular complexity index is 689. The van der Waals surface area contributed by atoms with Crippen molar-refractivity contribution in [3.05, 3.63) is 60.2 Å². The summed E-state index contributed by atoms with van der Waals surface area (Å²) in [6, 6.07) is 17.8. The summed E-state index contributed by atoms with van der Waals surface area (Å²) >= 11 is 0. The molecule has 23 heavy (non-hydrogen) atoms. The van der Waals surface area contributed by atoms with Crippen LogP contribution in [0, 0.1) is 5.92 Å². The first-order chi connectivity index (χ1) is 11.2. The maximum Gasteiger partial charge on any atom is 0.271 e. The molecule has 1 fully saturated rings. The van der Waals surface area contributed by atoms with Gasteiger partial charge in [-0.15, -0.1) is 0 Å². The van der Waals surface area contributed by atoms with Crippen molar-refractivity contribution in [3.63, 3.8) is 0 Å². The minimum atomic E-state index is -0.143. The van der Waals surface area contributed by atoms with Crippen molar-refractivity contribution < 1.29 is 4.79 Å². The van der Waals surface area contributed by atoms with E-state index in [1.54, 1.807) is 0 Å². The third kappa shape index (κ3) is 4.07. The van der Waals surface area contributed by atoms with Crippen molar-refractivity contribution in [1.29, 1.82) is 0 Å². The fourth-order valence-electron chi connectivity index (χ4n) is 3.00. The highest BCUT2D eigenvalue weighted by atomic mass is 16.2. The molecule has 118 valence electrons. The lowest BCUT2D eigenvalue weighted by molar-refractivity contribution is 0.0954. The molecule has 0 aromatic heterocycles. The summed E-state index contributed by atoms with van der Waals surface area (Å²) < 4.78 is 0. The van der Waals surface area contributed by atoms with Crippen molar-refractivity contribution in [1.82, 2.24) is 5.43 Å². The predicted molar refractivity (Wildman–Crippen MR) is 94.4 cm³/mol. The monoisotopic (exact) mass is 306 g/mol. The van der Waals surface area contributed by atoms with Crippen LogP contribution in [0.4, 0.5) is 0 Å². The number of hydrogen-bond acceptors (Lipinski definition) is 2. The van der Waals surface area contributed by atoms with Gasteiger partial charge in [-0.05, 0) is 54.9 Å². The first kappa shape index (κ1) is 15.5. The highest BCUT2D eigenvalue weighted by Gasteiger charge is 2.14.